The Kier molecular flexibility index (Phi) is 1.96. The summed E-state index contributed by atoms with van der Waals surface area (Å²) in [4.78, 5) is 11.9. The molecule has 0 aromatic heterocycles. The lowest BCUT2D eigenvalue weighted by Crippen LogP contribution is -1.95. The van der Waals surface area contributed by atoms with Crippen molar-refractivity contribution >= 4 is 38.1 Å². The molecule has 0 aliphatic heterocycles. The standard InChI is InChI=1S/C18H12O/c1-11(19)16-10-14-6-2-4-12-8-9-13-5-3-7-15(16)18(13)17(12)14/h2-10H,1H3. The Morgan fingerprint density at radius 1 is 0.789 bits per heavy atom. The zero-order valence-electron chi connectivity index (χ0n) is 10.6. The molecule has 0 saturated carbocycles. The van der Waals surface area contributed by atoms with Crippen LogP contribution in [0.3, 0.4) is 0 Å². The van der Waals surface area contributed by atoms with Crippen LogP contribution in [0.25, 0.3) is 32.3 Å². The lowest BCUT2D eigenvalue weighted by molar-refractivity contribution is 0.101. The summed E-state index contributed by atoms with van der Waals surface area (Å²) in [6.45, 7) is 1.64. The van der Waals surface area contributed by atoms with E-state index in [2.05, 4.69) is 30.3 Å². The average molecular weight is 244 g/mol. The van der Waals surface area contributed by atoms with Crippen LogP contribution in [0.5, 0.6) is 0 Å². The van der Waals surface area contributed by atoms with E-state index in [1.807, 2.05) is 24.3 Å². The van der Waals surface area contributed by atoms with Crippen LogP contribution in [0.4, 0.5) is 0 Å². The summed E-state index contributed by atoms with van der Waals surface area (Å²) in [5.41, 5.74) is 0.816. The summed E-state index contributed by atoms with van der Waals surface area (Å²) < 4.78 is 0. The van der Waals surface area contributed by atoms with Gasteiger partial charge in [0.15, 0.2) is 5.78 Å². The summed E-state index contributed by atoms with van der Waals surface area (Å²) in [6, 6.07) is 18.7. The number of carbonyl (C=O) groups excluding carboxylic acids is 1. The highest BCUT2D eigenvalue weighted by atomic mass is 16.1. The highest BCUT2D eigenvalue weighted by Crippen LogP contribution is 2.36. The van der Waals surface area contributed by atoms with E-state index >= 15 is 0 Å². The van der Waals surface area contributed by atoms with Gasteiger partial charge in [-0.05, 0) is 45.3 Å². The predicted octanol–water partition coefficient (Wildman–Crippen LogP) is 4.79. The molecule has 1 nitrogen and oxygen atoms in total. The molecule has 0 heterocycles. The normalized spacial score (nSPS) is 11.6. The van der Waals surface area contributed by atoms with Crippen LogP contribution in [-0.2, 0) is 0 Å². The average Bonchev–Trinajstić information content (AvgIpc) is 2.44. The minimum absolute atomic E-state index is 0.124. The summed E-state index contributed by atoms with van der Waals surface area (Å²) >= 11 is 0. The number of carbonyl (C=O) groups is 1. The summed E-state index contributed by atoms with van der Waals surface area (Å²) in [5.74, 6) is 0.124. The molecule has 4 aromatic carbocycles. The second kappa shape index (κ2) is 3.55. The fourth-order valence-electron chi connectivity index (χ4n) is 3.05. The molecule has 0 spiro atoms. The van der Waals surface area contributed by atoms with Gasteiger partial charge in [0.25, 0.3) is 0 Å². The monoisotopic (exact) mass is 244 g/mol. The number of hydrogen-bond donors (Lipinski definition) is 0. The molecule has 0 aliphatic carbocycles. The van der Waals surface area contributed by atoms with Crippen LogP contribution < -0.4 is 0 Å². The topological polar surface area (TPSA) is 17.1 Å². The van der Waals surface area contributed by atoms with E-state index in [0.717, 1.165) is 16.3 Å². The second-order valence-corrected chi connectivity index (χ2v) is 5.03. The number of rotatable bonds is 1. The maximum Gasteiger partial charge on any atom is 0.160 e. The van der Waals surface area contributed by atoms with E-state index in [1.165, 1.54) is 21.5 Å². The van der Waals surface area contributed by atoms with Crippen LogP contribution in [0.2, 0.25) is 0 Å². The first kappa shape index (κ1) is 10.5. The van der Waals surface area contributed by atoms with E-state index in [9.17, 15) is 4.79 Å². The maximum absolute atomic E-state index is 11.9. The minimum Gasteiger partial charge on any atom is -0.294 e. The summed E-state index contributed by atoms with van der Waals surface area (Å²) in [7, 11) is 0. The van der Waals surface area contributed by atoms with Gasteiger partial charge in [-0.15, -0.1) is 0 Å². The lowest BCUT2D eigenvalue weighted by Gasteiger charge is -2.13. The molecular formula is C18H12O. The Hall–Kier alpha value is -2.41. The molecule has 0 amide bonds. The third-order valence-corrected chi connectivity index (χ3v) is 3.89. The Morgan fingerprint density at radius 3 is 2.16 bits per heavy atom. The van der Waals surface area contributed by atoms with E-state index in [1.54, 1.807) is 6.92 Å². The van der Waals surface area contributed by atoms with Crippen molar-refractivity contribution in [1.82, 2.24) is 0 Å². The Morgan fingerprint density at radius 2 is 1.42 bits per heavy atom. The van der Waals surface area contributed by atoms with Crippen molar-refractivity contribution < 1.29 is 4.79 Å². The van der Waals surface area contributed by atoms with Crippen molar-refractivity contribution in [3.05, 3.63) is 60.2 Å². The van der Waals surface area contributed by atoms with Gasteiger partial charge in [-0.25, -0.2) is 0 Å². The van der Waals surface area contributed by atoms with Gasteiger partial charge >= 0.3 is 0 Å². The van der Waals surface area contributed by atoms with Crippen LogP contribution in [0, 0.1) is 0 Å². The molecule has 4 rings (SSSR count). The largest absolute Gasteiger partial charge is 0.294 e. The number of Topliss-reactive ketones (excluding diaryl/α,β-unsaturated/α-hetero) is 1. The number of ketones is 1. The second-order valence-electron chi connectivity index (χ2n) is 5.03. The smallest absolute Gasteiger partial charge is 0.160 e. The molecule has 0 bridgehead atoms. The fraction of sp³-hybridized carbons (Fsp3) is 0.0556. The van der Waals surface area contributed by atoms with E-state index in [4.69, 9.17) is 0 Å². The van der Waals surface area contributed by atoms with Crippen LogP contribution in [0.1, 0.15) is 17.3 Å². The van der Waals surface area contributed by atoms with Gasteiger partial charge in [0.2, 0.25) is 0 Å². The molecule has 19 heavy (non-hydrogen) atoms. The van der Waals surface area contributed by atoms with Crippen molar-refractivity contribution in [3.8, 4) is 0 Å². The van der Waals surface area contributed by atoms with Crippen LogP contribution >= 0.6 is 0 Å². The van der Waals surface area contributed by atoms with Crippen molar-refractivity contribution in [3.63, 3.8) is 0 Å². The van der Waals surface area contributed by atoms with Gasteiger partial charge in [-0.1, -0.05) is 48.5 Å². The molecule has 90 valence electrons. The first-order valence-electron chi connectivity index (χ1n) is 6.43. The van der Waals surface area contributed by atoms with Gasteiger partial charge in [0, 0.05) is 5.56 Å². The van der Waals surface area contributed by atoms with E-state index < -0.39 is 0 Å². The highest BCUT2D eigenvalue weighted by Gasteiger charge is 2.13. The van der Waals surface area contributed by atoms with Crippen molar-refractivity contribution in [2.45, 2.75) is 6.92 Å². The Labute approximate surface area is 110 Å². The van der Waals surface area contributed by atoms with Crippen molar-refractivity contribution in [2.24, 2.45) is 0 Å². The molecule has 0 N–H and O–H groups in total. The van der Waals surface area contributed by atoms with Gasteiger partial charge in [-0.2, -0.15) is 0 Å². The predicted molar refractivity (Wildman–Crippen MR) is 80.2 cm³/mol. The van der Waals surface area contributed by atoms with Gasteiger partial charge in [0.1, 0.15) is 0 Å². The fourth-order valence-corrected chi connectivity index (χ4v) is 3.05. The maximum atomic E-state index is 11.9. The molecule has 4 aromatic rings. The zero-order valence-corrected chi connectivity index (χ0v) is 10.6. The first-order valence-corrected chi connectivity index (χ1v) is 6.43. The highest BCUT2D eigenvalue weighted by molar-refractivity contribution is 6.27. The molecule has 0 radical (unpaired) electrons. The van der Waals surface area contributed by atoms with Crippen molar-refractivity contribution in [1.29, 1.82) is 0 Å². The van der Waals surface area contributed by atoms with Gasteiger partial charge in [-0.3, -0.25) is 4.79 Å². The summed E-state index contributed by atoms with van der Waals surface area (Å²) in [5, 5.41) is 7.12. The third kappa shape index (κ3) is 1.33. The first-order chi connectivity index (χ1) is 9.25. The van der Waals surface area contributed by atoms with Gasteiger partial charge < -0.3 is 0 Å². The molecule has 1 heteroatoms. The molecule has 0 aliphatic rings. The Bertz CT molecular complexity index is 934. The van der Waals surface area contributed by atoms with E-state index in [-0.39, 0.29) is 5.78 Å². The lowest BCUT2D eigenvalue weighted by atomic mass is 9.90. The number of hydrogen-bond acceptors (Lipinski definition) is 1. The summed E-state index contributed by atoms with van der Waals surface area (Å²) in [6.07, 6.45) is 0. The molecule has 0 fully saturated rings. The zero-order chi connectivity index (χ0) is 13.0. The number of benzene rings is 4. The van der Waals surface area contributed by atoms with Crippen molar-refractivity contribution in [2.75, 3.05) is 0 Å². The minimum atomic E-state index is 0.124. The SMILES string of the molecule is CC(=O)c1cc2cccc3ccc4cccc1c4c32. The molecule has 0 unspecified atom stereocenters. The van der Waals surface area contributed by atoms with Crippen LogP contribution in [0.15, 0.2) is 54.6 Å². The third-order valence-electron chi connectivity index (χ3n) is 3.89. The molecule has 0 atom stereocenters. The van der Waals surface area contributed by atoms with Gasteiger partial charge in [0.05, 0.1) is 0 Å². The molecule has 0 saturated heterocycles. The molecular weight excluding hydrogens is 232 g/mol. The Balaban J connectivity index is 2.42. The van der Waals surface area contributed by atoms with Crippen LogP contribution in [-0.4, -0.2) is 5.78 Å². The van der Waals surface area contributed by atoms with E-state index in [0.29, 0.717) is 0 Å². The quantitative estimate of drug-likeness (QED) is 0.347.